The number of aliphatic imine (C=N–C) groups is 1. The second-order valence-corrected chi connectivity index (χ2v) is 8.58. The largest absolute Gasteiger partial charge is 0.363 e. The first-order chi connectivity index (χ1) is 13.8. The van der Waals surface area contributed by atoms with Crippen LogP contribution in [0.2, 0.25) is 0 Å². The summed E-state index contributed by atoms with van der Waals surface area (Å²) in [6.45, 7) is 6.41. The first-order valence-electron chi connectivity index (χ1n) is 10.4. The number of benzene rings is 1. The Morgan fingerprint density at radius 3 is 2.62 bits per heavy atom. The van der Waals surface area contributed by atoms with Crippen molar-refractivity contribution in [3.63, 3.8) is 0 Å². The summed E-state index contributed by atoms with van der Waals surface area (Å²) >= 11 is 1.83. The highest BCUT2D eigenvalue weighted by Crippen LogP contribution is 2.24. The molecule has 0 unspecified atom stereocenters. The van der Waals surface area contributed by atoms with E-state index >= 15 is 0 Å². The molecule has 2 aliphatic heterocycles. The summed E-state index contributed by atoms with van der Waals surface area (Å²) < 4.78 is 0. The van der Waals surface area contributed by atoms with Gasteiger partial charge in [-0.15, -0.1) is 35.3 Å². The summed E-state index contributed by atoms with van der Waals surface area (Å²) in [5.74, 6) is 0.937. The summed E-state index contributed by atoms with van der Waals surface area (Å²) in [4.78, 5) is 9.46. The second-order valence-electron chi connectivity index (χ2n) is 7.65. The average Bonchev–Trinajstić information content (AvgIpc) is 3.28. The molecule has 158 valence electrons. The number of guanidine groups is 1. The predicted molar refractivity (Wildman–Crippen MR) is 135 cm³/mol. The lowest BCUT2D eigenvalue weighted by Gasteiger charge is -2.34. The van der Waals surface area contributed by atoms with E-state index in [1.165, 1.54) is 16.1 Å². The van der Waals surface area contributed by atoms with Crippen molar-refractivity contribution in [3.8, 4) is 0 Å². The molecule has 2 aliphatic rings. The fourth-order valence-electron chi connectivity index (χ4n) is 4.16. The fourth-order valence-corrected chi connectivity index (χ4v) is 4.94. The maximum Gasteiger partial charge on any atom is 0.191 e. The summed E-state index contributed by atoms with van der Waals surface area (Å²) in [6.07, 6.45) is 3.47. The minimum Gasteiger partial charge on any atom is -0.363 e. The van der Waals surface area contributed by atoms with Gasteiger partial charge in [0.05, 0.1) is 5.00 Å². The minimum atomic E-state index is 0. The number of piperidine rings is 1. The molecule has 5 nitrogen and oxygen atoms in total. The molecule has 0 saturated carbocycles. The van der Waals surface area contributed by atoms with E-state index in [-0.39, 0.29) is 24.0 Å². The Morgan fingerprint density at radius 1 is 1.10 bits per heavy atom. The van der Waals surface area contributed by atoms with E-state index in [4.69, 9.17) is 0 Å². The molecular formula is C22H32IN5S. The number of rotatable bonds is 5. The Morgan fingerprint density at radius 2 is 1.90 bits per heavy atom. The predicted octanol–water partition coefficient (Wildman–Crippen LogP) is 3.56. The summed E-state index contributed by atoms with van der Waals surface area (Å²) in [7, 11) is 1.87. The number of hydrogen-bond donors (Lipinski definition) is 2. The number of hydrogen-bond acceptors (Lipinski definition) is 4. The number of nitrogens with zero attached hydrogens (tertiary/aromatic N) is 3. The first kappa shape index (κ1) is 22.4. The van der Waals surface area contributed by atoms with Crippen LogP contribution in [0.1, 0.15) is 24.0 Å². The molecule has 0 bridgehead atoms. The van der Waals surface area contributed by atoms with Gasteiger partial charge in [-0.05, 0) is 47.9 Å². The highest BCUT2D eigenvalue weighted by Gasteiger charge is 2.21. The number of thiophene rings is 1. The molecule has 29 heavy (non-hydrogen) atoms. The molecule has 0 amide bonds. The summed E-state index contributed by atoms with van der Waals surface area (Å²) in [5.41, 5.74) is 2.99. The van der Waals surface area contributed by atoms with Gasteiger partial charge in [-0.3, -0.25) is 9.89 Å². The van der Waals surface area contributed by atoms with E-state index in [1.54, 1.807) is 0 Å². The molecule has 1 fully saturated rings. The van der Waals surface area contributed by atoms with Crippen molar-refractivity contribution in [3.05, 3.63) is 52.9 Å². The maximum atomic E-state index is 4.43. The van der Waals surface area contributed by atoms with Crippen LogP contribution in [-0.4, -0.2) is 56.7 Å². The zero-order chi connectivity index (χ0) is 19.2. The molecule has 1 aromatic carbocycles. The van der Waals surface area contributed by atoms with E-state index in [1.807, 2.05) is 18.4 Å². The quantitative estimate of drug-likeness (QED) is 0.356. The topological polar surface area (TPSA) is 42.9 Å². The SMILES string of the molecule is CN=C(NCCN1CCc2ccccc2C1)NC1CCN(c2cccs2)CC1.I. The monoisotopic (exact) mass is 525 g/mol. The van der Waals surface area contributed by atoms with Crippen LogP contribution in [-0.2, 0) is 13.0 Å². The lowest BCUT2D eigenvalue weighted by Crippen LogP contribution is -2.49. The van der Waals surface area contributed by atoms with Gasteiger partial charge in [-0.1, -0.05) is 24.3 Å². The van der Waals surface area contributed by atoms with Crippen molar-refractivity contribution in [1.82, 2.24) is 15.5 Å². The smallest absolute Gasteiger partial charge is 0.191 e. The Bertz CT molecular complexity index is 771. The Balaban J connectivity index is 0.00000240. The van der Waals surface area contributed by atoms with Gasteiger partial charge in [0.1, 0.15) is 0 Å². The van der Waals surface area contributed by atoms with E-state index < -0.39 is 0 Å². The molecule has 1 aromatic heterocycles. The maximum absolute atomic E-state index is 4.43. The van der Waals surface area contributed by atoms with Crippen LogP contribution in [0.15, 0.2) is 46.8 Å². The molecule has 4 rings (SSSR count). The lowest BCUT2D eigenvalue weighted by atomic mass is 10.00. The van der Waals surface area contributed by atoms with Crippen LogP contribution >= 0.6 is 35.3 Å². The van der Waals surface area contributed by atoms with E-state index in [0.29, 0.717) is 6.04 Å². The Kier molecular flexibility index (Phi) is 8.62. The Hall–Kier alpha value is -1.32. The van der Waals surface area contributed by atoms with Gasteiger partial charge in [0, 0.05) is 52.4 Å². The molecule has 2 N–H and O–H groups in total. The van der Waals surface area contributed by atoms with Crippen molar-refractivity contribution in [2.24, 2.45) is 4.99 Å². The minimum absolute atomic E-state index is 0. The van der Waals surface area contributed by atoms with E-state index in [9.17, 15) is 0 Å². The number of halogens is 1. The molecule has 2 aromatic rings. The van der Waals surface area contributed by atoms with Crippen molar-refractivity contribution in [1.29, 1.82) is 0 Å². The summed E-state index contributed by atoms with van der Waals surface area (Å²) in [5, 5.41) is 10.7. The van der Waals surface area contributed by atoms with E-state index in [2.05, 4.69) is 67.2 Å². The van der Waals surface area contributed by atoms with Crippen molar-refractivity contribution in [2.45, 2.75) is 31.8 Å². The zero-order valence-corrected chi connectivity index (χ0v) is 20.3. The molecule has 7 heteroatoms. The normalized spacial score (nSPS) is 18.1. The van der Waals surface area contributed by atoms with Crippen molar-refractivity contribution in [2.75, 3.05) is 44.7 Å². The number of fused-ring (bicyclic) bond motifs is 1. The van der Waals surface area contributed by atoms with Gasteiger partial charge in [-0.25, -0.2) is 0 Å². The van der Waals surface area contributed by atoms with Crippen LogP contribution < -0.4 is 15.5 Å². The summed E-state index contributed by atoms with van der Waals surface area (Å²) in [6, 6.07) is 13.7. The van der Waals surface area contributed by atoms with Gasteiger partial charge < -0.3 is 15.5 Å². The molecule has 1 saturated heterocycles. The fraction of sp³-hybridized carbons (Fsp3) is 0.500. The van der Waals surface area contributed by atoms with Crippen LogP contribution in [0.3, 0.4) is 0 Å². The van der Waals surface area contributed by atoms with Crippen LogP contribution in [0.4, 0.5) is 5.00 Å². The highest BCUT2D eigenvalue weighted by molar-refractivity contribution is 14.0. The third kappa shape index (κ3) is 6.08. The van der Waals surface area contributed by atoms with Gasteiger partial charge in [0.25, 0.3) is 0 Å². The van der Waals surface area contributed by atoms with Crippen molar-refractivity contribution < 1.29 is 0 Å². The molecule has 0 radical (unpaired) electrons. The van der Waals surface area contributed by atoms with Gasteiger partial charge >= 0.3 is 0 Å². The van der Waals surface area contributed by atoms with Gasteiger partial charge in [-0.2, -0.15) is 0 Å². The van der Waals surface area contributed by atoms with E-state index in [0.717, 1.165) is 64.5 Å². The molecule has 3 heterocycles. The number of nitrogens with one attached hydrogen (secondary N) is 2. The first-order valence-corrected chi connectivity index (χ1v) is 11.2. The Labute approximate surface area is 195 Å². The lowest BCUT2D eigenvalue weighted by molar-refractivity contribution is 0.258. The van der Waals surface area contributed by atoms with Gasteiger partial charge in [0.15, 0.2) is 5.96 Å². The highest BCUT2D eigenvalue weighted by atomic mass is 127. The van der Waals surface area contributed by atoms with Crippen LogP contribution in [0, 0.1) is 0 Å². The zero-order valence-electron chi connectivity index (χ0n) is 17.1. The molecule has 0 aliphatic carbocycles. The second kappa shape index (κ2) is 11.2. The van der Waals surface area contributed by atoms with Crippen LogP contribution in [0.5, 0.6) is 0 Å². The number of anilines is 1. The standard InChI is InChI=1S/C22H31N5S.HI/c1-23-22(25-20-9-13-27(14-10-20)21-7-4-16-28-21)24-11-15-26-12-8-18-5-2-3-6-19(18)17-26;/h2-7,16,20H,8-15,17H2,1H3,(H2,23,24,25);1H. The third-order valence-corrected chi connectivity index (χ3v) is 6.74. The molecule has 0 atom stereocenters. The molecular weight excluding hydrogens is 493 g/mol. The van der Waals surface area contributed by atoms with Crippen LogP contribution in [0.25, 0.3) is 0 Å². The third-order valence-electron chi connectivity index (χ3n) is 5.81. The average molecular weight is 526 g/mol. The molecule has 0 spiro atoms. The van der Waals surface area contributed by atoms with Gasteiger partial charge in [0.2, 0.25) is 0 Å². The van der Waals surface area contributed by atoms with Crippen molar-refractivity contribution >= 4 is 46.3 Å².